The van der Waals surface area contributed by atoms with Gasteiger partial charge in [0.05, 0.1) is 19.8 Å². The lowest BCUT2D eigenvalue weighted by Crippen LogP contribution is -2.37. The zero-order valence-electron chi connectivity index (χ0n) is 14.0. The zero-order chi connectivity index (χ0) is 17.4. The van der Waals surface area contributed by atoms with Gasteiger partial charge in [-0.1, -0.05) is 55.5 Å². The molecule has 126 valence electrons. The molecule has 4 nitrogen and oxygen atoms in total. The minimum Gasteiger partial charge on any atom is -0.496 e. The van der Waals surface area contributed by atoms with Crippen LogP contribution in [0.3, 0.4) is 0 Å². The summed E-state index contributed by atoms with van der Waals surface area (Å²) in [5.74, 6) is 0.487. The number of ether oxygens (including phenoxy) is 1. The van der Waals surface area contributed by atoms with Crippen molar-refractivity contribution in [3.05, 3.63) is 65.7 Å². The van der Waals surface area contributed by atoms with Gasteiger partial charge in [0.25, 0.3) is 5.91 Å². The summed E-state index contributed by atoms with van der Waals surface area (Å²) in [6.45, 7) is 1.84. The first-order chi connectivity index (χ1) is 11.7. The van der Waals surface area contributed by atoms with Crippen LogP contribution in [0.5, 0.6) is 5.75 Å². The molecule has 2 aromatic carbocycles. The van der Waals surface area contributed by atoms with Crippen molar-refractivity contribution in [2.45, 2.75) is 19.4 Å². The van der Waals surface area contributed by atoms with Crippen LogP contribution < -0.4 is 10.1 Å². The summed E-state index contributed by atoms with van der Waals surface area (Å²) in [7, 11) is 1.60. The van der Waals surface area contributed by atoms with Crippen LogP contribution in [0.2, 0.25) is 0 Å². The van der Waals surface area contributed by atoms with E-state index < -0.39 is 0 Å². The summed E-state index contributed by atoms with van der Waals surface area (Å²) in [4.78, 5) is 12.7. The van der Waals surface area contributed by atoms with Crippen molar-refractivity contribution in [2.75, 3.05) is 13.7 Å². The Kier molecular flexibility index (Phi) is 6.58. The van der Waals surface area contributed by atoms with Crippen molar-refractivity contribution in [1.82, 2.24) is 5.32 Å². The largest absolute Gasteiger partial charge is 0.496 e. The highest BCUT2D eigenvalue weighted by Crippen LogP contribution is 2.25. The van der Waals surface area contributed by atoms with E-state index >= 15 is 0 Å². The highest BCUT2D eigenvalue weighted by molar-refractivity contribution is 6.24. The molecule has 0 aromatic heterocycles. The number of methoxy groups -OCH3 is 1. The van der Waals surface area contributed by atoms with Crippen LogP contribution in [0.1, 0.15) is 24.5 Å². The molecule has 4 heteroatoms. The fourth-order valence-electron chi connectivity index (χ4n) is 2.38. The van der Waals surface area contributed by atoms with Crippen molar-refractivity contribution < 1.29 is 14.6 Å². The van der Waals surface area contributed by atoms with Gasteiger partial charge in [-0.3, -0.25) is 4.79 Å². The Morgan fingerprint density at radius 1 is 1.17 bits per heavy atom. The number of carbonyl (C=O) groups excluding carboxylic acids is 1. The summed E-state index contributed by atoms with van der Waals surface area (Å²) in [5, 5.41) is 12.2. The molecular formula is C20H23NO3. The fourth-order valence-corrected chi connectivity index (χ4v) is 2.38. The molecule has 0 bridgehead atoms. The number of hydrogen-bond donors (Lipinski definition) is 2. The van der Waals surface area contributed by atoms with Gasteiger partial charge in [0.15, 0.2) is 0 Å². The molecule has 1 unspecified atom stereocenters. The number of aliphatic hydroxyl groups excluding tert-OH is 1. The molecule has 0 heterocycles. The standard InChI is InChI=1S/C20H23NO3/c1-3-17(14-22)21-20(23)18(15-9-5-4-6-10-15)13-16-11-7-8-12-19(16)24-2/h4-13,17,22H,3,14H2,1-2H3,(H,21,23)/b18-13+. The molecule has 0 fully saturated rings. The van der Waals surface area contributed by atoms with E-state index in [1.54, 1.807) is 7.11 Å². The molecule has 1 atom stereocenters. The molecule has 2 aromatic rings. The molecule has 0 spiro atoms. The van der Waals surface area contributed by atoms with Crippen LogP contribution in [0.25, 0.3) is 11.6 Å². The third-order valence-electron chi connectivity index (χ3n) is 3.82. The average Bonchev–Trinajstić information content (AvgIpc) is 2.64. The van der Waals surface area contributed by atoms with E-state index in [-0.39, 0.29) is 18.6 Å². The number of amides is 1. The van der Waals surface area contributed by atoms with E-state index in [0.717, 1.165) is 11.1 Å². The summed E-state index contributed by atoms with van der Waals surface area (Å²) in [6.07, 6.45) is 2.48. The van der Waals surface area contributed by atoms with Gasteiger partial charge in [-0.2, -0.15) is 0 Å². The lowest BCUT2D eigenvalue weighted by atomic mass is 10.0. The molecule has 2 rings (SSSR count). The molecule has 0 saturated carbocycles. The van der Waals surface area contributed by atoms with E-state index in [2.05, 4.69) is 5.32 Å². The molecule has 0 aliphatic rings. The number of para-hydroxylation sites is 1. The Hall–Kier alpha value is -2.59. The highest BCUT2D eigenvalue weighted by atomic mass is 16.5. The second kappa shape index (κ2) is 8.89. The van der Waals surface area contributed by atoms with Gasteiger partial charge in [0.1, 0.15) is 5.75 Å². The lowest BCUT2D eigenvalue weighted by molar-refractivity contribution is -0.116. The zero-order valence-corrected chi connectivity index (χ0v) is 14.0. The van der Waals surface area contributed by atoms with Gasteiger partial charge >= 0.3 is 0 Å². The molecule has 0 radical (unpaired) electrons. The van der Waals surface area contributed by atoms with Crippen molar-refractivity contribution in [2.24, 2.45) is 0 Å². The summed E-state index contributed by atoms with van der Waals surface area (Å²) in [6, 6.07) is 16.8. The molecule has 24 heavy (non-hydrogen) atoms. The number of nitrogens with one attached hydrogen (secondary N) is 1. The van der Waals surface area contributed by atoms with Crippen molar-refractivity contribution in [3.8, 4) is 5.75 Å². The SMILES string of the molecule is CCC(CO)NC(=O)/C(=C/c1ccccc1OC)c1ccccc1. The van der Waals surface area contributed by atoms with Crippen molar-refractivity contribution in [1.29, 1.82) is 0 Å². The maximum atomic E-state index is 12.7. The Morgan fingerprint density at radius 2 is 1.83 bits per heavy atom. The van der Waals surface area contributed by atoms with Crippen LogP contribution in [0.4, 0.5) is 0 Å². The fraction of sp³-hybridized carbons (Fsp3) is 0.250. The number of rotatable bonds is 7. The van der Waals surface area contributed by atoms with Crippen LogP contribution in [-0.2, 0) is 4.79 Å². The second-order valence-corrected chi connectivity index (χ2v) is 5.43. The van der Waals surface area contributed by atoms with Gasteiger partial charge in [-0.25, -0.2) is 0 Å². The third-order valence-corrected chi connectivity index (χ3v) is 3.82. The third kappa shape index (κ3) is 4.46. The lowest BCUT2D eigenvalue weighted by Gasteiger charge is -2.16. The van der Waals surface area contributed by atoms with E-state index in [0.29, 0.717) is 17.7 Å². The molecule has 0 saturated heterocycles. The first-order valence-corrected chi connectivity index (χ1v) is 8.01. The topological polar surface area (TPSA) is 58.6 Å². The number of hydrogen-bond acceptors (Lipinski definition) is 3. The number of benzene rings is 2. The molecule has 0 aliphatic carbocycles. The Bertz CT molecular complexity index is 691. The first-order valence-electron chi connectivity index (χ1n) is 8.01. The van der Waals surface area contributed by atoms with Crippen LogP contribution in [-0.4, -0.2) is 30.8 Å². The number of carbonyl (C=O) groups is 1. The maximum Gasteiger partial charge on any atom is 0.252 e. The number of aliphatic hydroxyl groups is 1. The predicted octanol–water partition coefficient (Wildman–Crippen LogP) is 3.12. The van der Waals surface area contributed by atoms with Gasteiger partial charge in [-0.15, -0.1) is 0 Å². The maximum absolute atomic E-state index is 12.7. The second-order valence-electron chi connectivity index (χ2n) is 5.43. The Balaban J connectivity index is 2.43. The average molecular weight is 325 g/mol. The molecule has 1 amide bonds. The first kappa shape index (κ1) is 17.8. The minimum absolute atomic E-state index is 0.0844. The summed E-state index contributed by atoms with van der Waals surface area (Å²) in [5.41, 5.74) is 2.17. The Morgan fingerprint density at radius 3 is 2.46 bits per heavy atom. The van der Waals surface area contributed by atoms with Crippen LogP contribution >= 0.6 is 0 Å². The van der Waals surface area contributed by atoms with Gasteiger partial charge in [0, 0.05) is 11.1 Å². The predicted molar refractivity (Wildman–Crippen MR) is 96.6 cm³/mol. The molecular weight excluding hydrogens is 302 g/mol. The molecule has 0 aliphatic heterocycles. The monoisotopic (exact) mass is 325 g/mol. The van der Waals surface area contributed by atoms with E-state index in [1.165, 1.54) is 0 Å². The van der Waals surface area contributed by atoms with Gasteiger partial charge in [-0.05, 0) is 24.1 Å². The highest BCUT2D eigenvalue weighted by Gasteiger charge is 2.16. The Labute approximate surface area is 142 Å². The minimum atomic E-state index is -0.262. The van der Waals surface area contributed by atoms with Gasteiger partial charge < -0.3 is 15.2 Å². The summed E-state index contributed by atoms with van der Waals surface area (Å²) < 4.78 is 5.37. The van der Waals surface area contributed by atoms with Crippen molar-refractivity contribution in [3.63, 3.8) is 0 Å². The van der Waals surface area contributed by atoms with Crippen LogP contribution in [0, 0.1) is 0 Å². The van der Waals surface area contributed by atoms with Crippen LogP contribution in [0.15, 0.2) is 54.6 Å². The van der Waals surface area contributed by atoms with Gasteiger partial charge in [0.2, 0.25) is 0 Å². The van der Waals surface area contributed by atoms with E-state index in [1.807, 2.05) is 67.6 Å². The van der Waals surface area contributed by atoms with E-state index in [4.69, 9.17) is 4.74 Å². The summed E-state index contributed by atoms with van der Waals surface area (Å²) >= 11 is 0. The molecule has 2 N–H and O–H groups in total. The smallest absolute Gasteiger partial charge is 0.252 e. The quantitative estimate of drug-likeness (QED) is 0.607. The van der Waals surface area contributed by atoms with Crippen molar-refractivity contribution >= 4 is 17.6 Å². The normalized spacial score (nSPS) is 12.5. The van der Waals surface area contributed by atoms with E-state index in [9.17, 15) is 9.90 Å².